The van der Waals surface area contributed by atoms with Gasteiger partial charge in [-0.1, -0.05) is 18.7 Å². The van der Waals surface area contributed by atoms with Crippen LogP contribution in [-0.4, -0.2) is 81.4 Å². The number of H-pyrrole nitrogens is 1. The first kappa shape index (κ1) is 20.7. The highest BCUT2D eigenvalue weighted by Crippen LogP contribution is 2.37. The van der Waals surface area contributed by atoms with Crippen LogP contribution in [0.25, 0.3) is 22.3 Å². The molecule has 0 radical (unpaired) electrons. The number of para-hydroxylation sites is 1. The first-order valence-corrected chi connectivity index (χ1v) is 10.9. The SMILES string of the molecule is C=CC(=O)N1CC(c2[nH]c3nnc(-c4ccccc4O)cc3c2C)C(N2CCOCC2)C1. The largest absolute Gasteiger partial charge is 0.507 e. The number of likely N-dealkylation sites (tertiary alicyclic amines) is 1. The smallest absolute Gasteiger partial charge is 0.246 e. The van der Waals surface area contributed by atoms with Gasteiger partial charge in [-0.2, -0.15) is 0 Å². The molecule has 5 rings (SSSR count). The Kier molecular flexibility index (Phi) is 5.40. The number of amides is 1. The summed E-state index contributed by atoms with van der Waals surface area (Å²) in [7, 11) is 0. The van der Waals surface area contributed by atoms with Crippen LogP contribution in [-0.2, 0) is 9.53 Å². The summed E-state index contributed by atoms with van der Waals surface area (Å²) in [6.45, 7) is 10.2. The number of rotatable bonds is 4. The summed E-state index contributed by atoms with van der Waals surface area (Å²) < 4.78 is 5.55. The lowest BCUT2D eigenvalue weighted by atomic mass is 9.94. The van der Waals surface area contributed by atoms with Gasteiger partial charge in [-0.3, -0.25) is 9.69 Å². The number of aromatic amines is 1. The van der Waals surface area contributed by atoms with E-state index < -0.39 is 0 Å². The summed E-state index contributed by atoms with van der Waals surface area (Å²) in [5, 5.41) is 20.0. The third kappa shape index (κ3) is 3.55. The Hall–Kier alpha value is -3.23. The molecule has 2 aliphatic rings. The zero-order chi connectivity index (χ0) is 22.2. The molecule has 1 aromatic carbocycles. The number of nitrogens with one attached hydrogen (secondary N) is 1. The number of nitrogens with zero attached hydrogens (tertiary/aromatic N) is 4. The molecule has 2 fully saturated rings. The molecule has 8 nitrogen and oxygen atoms in total. The van der Waals surface area contributed by atoms with Crippen molar-refractivity contribution in [2.24, 2.45) is 0 Å². The fourth-order valence-electron chi connectivity index (χ4n) is 4.99. The molecule has 2 aromatic heterocycles. The van der Waals surface area contributed by atoms with E-state index in [-0.39, 0.29) is 23.6 Å². The summed E-state index contributed by atoms with van der Waals surface area (Å²) in [5.41, 5.74) is 4.18. The van der Waals surface area contributed by atoms with Gasteiger partial charge in [0, 0.05) is 54.8 Å². The Morgan fingerprint density at radius 1 is 1.25 bits per heavy atom. The molecule has 32 heavy (non-hydrogen) atoms. The van der Waals surface area contributed by atoms with E-state index in [0.717, 1.165) is 29.7 Å². The van der Waals surface area contributed by atoms with Gasteiger partial charge in [0.2, 0.25) is 5.91 Å². The molecule has 2 unspecified atom stereocenters. The van der Waals surface area contributed by atoms with E-state index in [1.165, 1.54) is 6.08 Å². The fraction of sp³-hybridized carbons (Fsp3) is 0.375. The second-order valence-electron chi connectivity index (χ2n) is 8.44. The first-order chi connectivity index (χ1) is 15.6. The lowest BCUT2D eigenvalue weighted by Crippen LogP contribution is -2.47. The summed E-state index contributed by atoms with van der Waals surface area (Å²) >= 11 is 0. The average molecular weight is 434 g/mol. The number of phenolic OH excluding ortho intramolecular Hbond substituents is 1. The minimum absolute atomic E-state index is 0.0406. The maximum Gasteiger partial charge on any atom is 0.246 e. The van der Waals surface area contributed by atoms with Crippen molar-refractivity contribution in [3.63, 3.8) is 0 Å². The molecule has 2 N–H and O–H groups in total. The monoisotopic (exact) mass is 433 g/mol. The molecule has 2 aliphatic heterocycles. The predicted octanol–water partition coefficient (Wildman–Crippen LogP) is 2.45. The lowest BCUT2D eigenvalue weighted by molar-refractivity contribution is -0.125. The number of carbonyl (C=O) groups is 1. The van der Waals surface area contributed by atoms with Crippen molar-refractivity contribution < 1.29 is 14.6 Å². The van der Waals surface area contributed by atoms with Gasteiger partial charge in [0.25, 0.3) is 0 Å². The van der Waals surface area contributed by atoms with Crippen LogP contribution < -0.4 is 0 Å². The zero-order valence-electron chi connectivity index (χ0n) is 18.1. The summed E-state index contributed by atoms with van der Waals surface area (Å²) in [5.74, 6) is 0.261. The van der Waals surface area contributed by atoms with Gasteiger partial charge in [-0.25, -0.2) is 0 Å². The van der Waals surface area contributed by atoms with E-state index in [2.05, 4.69) is 33.6 Å². The Bertz CT molecular complexity index is 1170. The Morgan fingerprint density at radius 3 is 2.78 bits per heavy atom. The zero-order valence-corrected chi connectivity index (χ0v) is 18.1. The molecule has 3 aromatic rings. The van der Waals surface area contributed by atoms with E-state index in [0.29, 0.717) is 43.2 Å². The second kappa shape index (κ2) is 8.37. The molecule has 0 aliphatic carbocycles. The molecule has 2 atom stereocenters. The molecular formula is C24H27N5O3. The number of morpholine rings is 1. The Labute approximate surface area is 186 Å². The van der Waals surface area contributed by atoms with Crippen LogP contribution in [0, 0.1) is 6.92 Å². The number of aryl methyl sites for hydroxylation is 1. The number of aromatic nitrogens is 3. The predicted molar refractivity (Wildman–Crippen MR) is 121 cm³/mol. The number of carbonyl (C=O) groups excluding carboxylic acids is 1. The van der Waals surface area contributed by atoms with Crippen LogP contribution in [0.15, 0.2) is 43.0 Å². The van der Waals surface area contributed by atoms with Crippen LogP contribution in [0.1, 0.15) is 17.2 Å². The summed E-state index contributed by atoms with van der Waals surface area (Å²) in [6.07, 6.45) is 1.39. The Morgan fingerprint density at radius 2 is 2.03 bits per heavy atom. The highest BCUT2D eigenvalue weighted by molar-refractivity contribution is 5.88. The van der Waals surface area contributed by atoms with Crippen LogP contribution in [0.4, 0.5) is 0 Å². The molecule has 166 valence electrons. The van der Waals surface area contributed by atoms with Crippen LogP contribution in [0.2, 0.25) is 0 Å². The van der Waals surface area contributed by atoms with E-state index in [1.54, 1.807) is 12.1 Å². The second-order valence-corrected chi connectivity index (χ2v) is 8.44. The third-order valence-electron chi connectivity index (χ3n) is 6.70. The van der Waals surface area contributed by atoms with Crippen molar-refractivity contribution in [2.75, 3.05) is 39.4 Å². The normalized spacial score (nSPS) is 21.8. The highest BCUT2D eigenvalue weighted by atomic mass is 16.5. The number of phenols is 1. The molecule has 0 saturated carbocycles. The quantitative estimate of drug-likeness (QED) is 0.614. The van der Waals surface area contributed by atoms with Crippen molar-refractivity contribution in [1.29, 1.82) is 0 Å². The number of fused-ring (bicyclic) bond motifs is 1. The van der Waals surface area contributed by atoms with Crippen LogP contribution >= 0.6 is 0 Å². The van der Waals surface area contributed by atoms with Crippen LogP contribution in [0.3, 0.4) is 0 Å². The molecule has 2 saturated heterocycles. The number of benzene rings is 1. The van der Waals surface area contributed by atoms with Gasteiger partial charge in [0.1, 0.15) is 5.75 Å². The van der Waals surface area contributed by atoms with Gasteiger partial charge < -0.3 is 19.7 Å². The maximum absolute atomic E-state index is 12.4. The van der Waals surface area contributed by atoms with Gasteiger partial charge in [-0.15, -0.1) is 10.2 Å². The summed E-state index contributed by atoms with van der Waals surface area (Å²) in [4.78, 5) is 20.2. The lowest BCUT2D eigenvalue weighted by Gasteiger charge is -2.34. The molecule has 4 heterocycles. The average Bonchev–Trinajstić information content (AvgIpc) is 3.41. The van der Waals surface area contributed by atoms with Crippen LogP contribution in [0.5, 0.6) is 5.75 Å². The fourth-order valence-corrected chi connectivity index (χ4v) is 4.99. The molecular weight excluding hydrogens is 406 g/mol. The molecule has 8 heteroatoms. The number of hydrogen-bond donors (Lipinski definition) is 2. The first-order valence-electron chi connectivity index (χ1n) is 10.9. The standard InChI is InChI=1S/C24H27N5O3/c1-3-22(31)29-13-18(20(14-29)28-8-10-32-11-9-28)23-15(2)17-12-19(26-27-24(17)25-23)16-6-4-5-7-21(16)30/h3-7,12,18,20,30H,1,8-11,13-14H2,2H3,(H,25,27). The van der Waals surface area contributed by atoms with Gasteiger partial charge in [-0.05, 0) is 36.8 Å². The topological polar surface area (TPSA) is 94.6 Å². The van der Waals surface area contributed by atoms with E-state index in [4.69, 9.17) is 4.74 Å². The van der Waals surface area contributed by atoms with Crippen molar-refractivity contribution >= 4 is 16.9 Å². The van der Waals surface area contributed by atoms with E-state index in [9.17, 15) is 9.90 Å². The van der Waals surface area contributed by atoms with Gasteiger partial charge in [0.05, 0.1) is 18.9 Å². The number of aromatic hydroxyl groups is 1. The van der Waals surface area contributed by atoms with Crippen molar-refractivity contribution in [3.05, 3.63) is 54.2 Å². The molecule has 0 spiro atoms. The van der Waals surface area contributed by atoms with Crippen molar-refractivity contribution in [3.8, 4) is 17.0 Å². The van der Waals surface area contributed by atoms with Crippen molar-refractivity contribution in [2.45, 2.75) is 18.9 Å². The molecule has 1 amide bonds. The minimum atomic E-state index is -0.0406. The molecule has 0 bridgehead atoms. The summed E-state index contributed by atoms with van der Waals surface area (Å²) in [6, 6.07) is 9.30. The number of ether oxygens (including phenoxy) is 1. The highest BCUT2D eigenvalue weighted by Gasteiger charge is 2.41. The minimum Gasteiger partial charge on any atom is -0.507 e. The van der Waals surface area contributed by atoms with Gasteiger partial charge >= 0.3 is 0 Å². The van der Waals surface area contributed by atoms with E-state index in [1.807, 2.05) is 23.1 Å². The van der Waals surface area contributed by atoms with E-state index >= 15 is 0 Å². The maximum atomic E-state index is 12.4. The van der Waals surface area contributed by atoms with Gasteiger partial charge in [0.15, 0.2) is 5.65 Å². The van der Waals surface area contributed by atoms with Crippen molar-refractivity contribution in [1.82, 2.24) is 25.0 Å². The third-order valence-corrected chi connectivity index (χ3v) is 6.70. The Balaban J connectivity index is 1.54. The number of hydrogen-bond acceptors (Lipinski definition) is 6.